The van der Waals surface area contributed by atoms with Gasteiger partial charge in [0.25, 0.3) is 0 Å². The molecule has 0 aromatic carbocycles. The number of hydrogen-bond donors (Lipinski definition) is 3. The van der Waals surface area contributed by atoms with Gasteiger partial charge in [0.1, 0.15) is 0 Å². The average Bonchev–Trinajstić information content (AvgIpc) is 2.84. The Morgan fingerprint density at radius 2 is 2.44 bits per heavy atom. The maximum atomic E-state index is 11.6. The smallest absolute Gasteiger partial charge is 0.192 e. The van der Waals surface area contributed by atoms with Crippen molar-refractivity contribution < 1.29 is 4.79 Å². The number of aromatic nitrogens is 1. The number of carbonyl (C=O) groups is 1. The van der Waals surface area contributed by atoms with E-state index in [-0.39, 0.29) is 5.78 Å². The fourth-order valence-electron chi connectivity index (χ4n) is 2.06. The standard InChI is InChI=1S/C12H19N3O/c16-12(11-5-3-7-15-11)9-13-8-10-4-1-2-6-14-10/h3,5,7,10,13-15H,1-2,4,6,8-9H2/t10-/m0/s1. The first-order valence-electron chi connectivity index (χ1n) is 5.97. The second-order valence-corrected chi connectivity index (χ2v) is 4.28. The van der Waals surface area contributed by atoms with Crippen molar-refractivity contribution in [3.63, 3.8) is 0 Å². The second kappa shape index (κ2) is 5.82. The van der Waals surface area contributed by atoms with Gasteiger partial charge in [-0.1, -0.05) is 6.42 Å². The number of aromatic amines is 1. The molecule has 1 aliphatic rings. The van der Waals surface area contributed by atoms with Crippen LogP contribution < -0.4 is 10.6 Å². The molecule has 1 fully saturated rings. The Balaban J connectivity index is 1.66. The predicted molar refractivity (Wildman–Crippen MR) is 63.6 cm³/mol. The van der Waals surface area contributed by atoms with Crippen molar-refractivity contribution in [3.8, 4) is 0 Å². The van der Waals surface area contributed by atoms with Crippen LogP contribution in [-0.4, -0.2) is 36.4 Å². The lowest BCUT2D eigenvalue weighted by Crippen LogP contribution is -2.42. The lowest BCUT2D eigenvalue weighted by Gasteiger charge is -2.23. The van der Waals surface area contributed by atoms with Crippen molar-refractivity contribution in [2.75, 3.05) is 19.6 Å². The van der Waals surface area contributed by atoms with Crippen LogP contribution in [0, 0.1) is 0 Å². The number of hydrogen-bond acceptors (Lipinski definition) is 3. The van der Waals surface area contributed by atoms with Gasteiger partial charge in [0.15, 0.2) is 5.78 Å². The zero-order valence-electron chi connectivity index (χ0n) is 9.46. The third-order valence-corrected chi connectivity index (χ3v) is 2.99. The molecular formula is C12H19N3O. The molecule has 4 nitrogen and oxygen atoms in total. The van der Waals surface area contributed by atoms with E-state index in [4.69, 9.17) is 0 Å². The summed E-state index contributed by atoms with van der Waals surface area (Å²) in [7, 11) is 0. The molecule has 1 aromatic rings. The van der Waals surface area contributed by atoms with E-state index < -0.39 is 0 Å². The summed E-state index contributed by atoms with van der Waals surface area (Å²) in [5.41, 5.74) is 0.684. The third-order valence-electron chi connectivity index (χ3n) is 2.99. The van der Waals surface area contributed by atoms with Gasteiger partial charge in [-0.15, -0.1) is 0 Å². The lowest BCUT2D eigenvalue weighted by molar-refractivity contribution is 0.0986. The van der Waals surface area contributed by atoms with Gasteiger partial charge in [-0.3, -0.25) is 4.79 Å². The molecular weight excluding hydrogens is 202 g/mol. The number of ketones is 1. The molecule has 1 saturated heterocycles. The maximum Gasteiger partial charge on any atom is 0.192 e. The van der Waals surface area contributed by atoms with Gasteiger partial charge in [-0.05, 0) is 31.5 Å². The SMILES string of the molecule is O=C(CNC[C@@H]1CCCCN1)c1ccc[nH]1. The molecule has 0 aliphatic carbocycles. The zero-order chi connectivity index (χ0) is 11.2. The number of Topliss-reactive ketones (excluding diaryl/α,β-unsaturated/α-hetero) is 1. The monoisotopic (exact) mass is 221 g/mol. The van der Waals surface area contributed by atoms with E-state index in [0.29, 0.717) is 18.3 Å². The van der Waals surface area contributed by atoms with Crippen molar-refractivity contribution >= 4 is 5.78 Å². The molecule has 0 spiro atoms. The van der Waals surface area contributed by atoms with Crippen LogP contribution in [0.5, 0.6) is 0 Å². The lowest BCUT2D eigenvalue weighted by atomic mass is 10.1. The Hall–Kier alpha value is -1.13. The Kier molecular flexibility index (Phi) is 4.13. The number of H-pyrrole nitrogens is 1. The van der Waals surface area contributed by atoms with Gasteiger partial charge in [-0.25, -0.2) is 0 Å². The highest BCUT2D eigenvalue weighted by atomic mass is 16.1. The summed E-state index contributed by atoms with van der Waals surface area (Å²) >= 11 is 0. The molecule has 4 heteroatoms. The molecule has 0 bridgehead atoms. The summed E-state index contributed by atoms with van der Waals surface area (Å²) in [6.07, 6.45) is 5.56. The minimum atomic E-state index is 0.126. The quantitative estimate of drug-likeness (QED) is 0.648. The van der Waals surface area contributed by atoms with E-state index in [1.165, 1.54) is 19.3 Å². The van der Waals surface area contributed by atoms with Crippen molar-refractivity contribution in [1.82, 2.24) is 15.6 Å². The van der Waals surface area contributed by atoms with E-state index in [2.05, 4.69) is 15.6 Å². The van der Waals surface area contributed by atoms with E-state index in [1.807, 2.05) is 12.1 Å². The number of carbonyl (C=O) groups excluding carboxylic acids is 1. The van der Waals surface area contributed by atoms with Gasteiger partial charge < -0.3 is 15.6 Å². The first-order chi connectivity index (χ1) is 7.86. The highest BCUT2D eigenvalue weighted by molar-refractivity contribution is 5.95. The van der Waals surface area contributed by atoms with Crippen molar-refractivity contribution in [2.45, 2.75) is 25.3 Å². The highest BCUT2D eigenvalue weighted by Crippen LogP contribution is 2.05. The van der Waals surface area contributed by atoms with Crippen LogP contribution in [-0.2, 0) is 0 Å². The molecule has 1 atom stereocenters. The van der Waals surface area contributed by atoms with Crippen LogP contribution in [0.2, 0.25) is 0 Å². The molecule has 1 aliphatic heterocycles. The zero-order valence-corrected chi connectivity index (χ0v) is 9.46. The Labute approximate surface area is 95.8 Å². The first-order valence-corrected chi connectivity index (χ1v) is 5.97. The van der Waals surface area contributed by atoms with Gasteiger partial charge in [0, 0.05) is 18.8 Å². The highest BCUT2D eigenvalue weighted by Gasteiger charge is 2.12. The van der Waals surface area contributed by atoms with E-state index in [0.717, 1.165) is 13.1 Å². The van der Waals surface area contributed by atoms with Crippen LogP contribution in [0.1, 0.15) is 29.8 Å². The van der Waals surface area contributed by atoms with E-state index in [1.54, 1.807) is 6.20 Å². The number of rotatable bonds is 5. The third kappa shape index (κ3) is 3.18. The minimum Gasteiger partial charge on any atom is -0.359 e. The Bertz CT molecular complexity index is 315. The molecule has 2 rings (SSSR count). The van der Waals surface area contributed by atoms with Crippen LogP contribution >= 0.6 is 0 Å². The number of nitrogens with one attached hydrogen (secondary N) is 3. The van der Waals surface area contributed by atoms with Crippen LogP contribution in [0.4, 0.5) is 0 Å². The molecule has 3 N–H and O–H groups in total. The van der Waals surface area contributed by atoms with Crippen molar-refractivity contribution in [1.29, 1.82) is 0 Å². The normalized spacial score (nSPS) is 20.9. The van der Waals surface area contributed by atoms with Gasteiger partial charge in [0.2, 0.25) is 0 Å². The largest absolute Gasteiger partial charge is 0.359 e. The van der Waals surface area contributed by atoms with Gasteiger partial charge >= 0.3 is 0 Å². The van der Waals surface area contributed by atoms with E-state index in [9.17, 15) is 4.79 Å². The fourth-order valence-corrected chi connectivity index (χ4v) is 2.06. The van der Waals surface area contributed by atoms with Crippen LogP contribution in [0.15, 0.2) is 18.3 Å². The van der Waals surface area contributed by atoms with Crippen molar-refractivity contribution in [3.05, 3.63) is 24.0 Å². The first kappa shape index (κ1) is 11.4. The summed E-state index contributed by atoms with van der Waals surface area (Å²) in [5, 5.41) is 6.66. The average molecular weight is 221 g/mol. The van der Waals surface area contributed by atoms with Gasteiger partial charge in [-0.2, -0.15) is 0 Å². The van der Waals surface area contributed by atoms with Crippen LogP contribution in [0.3, 0.4) is 0 Å². The molecule has 16 heavy (non-hydrogen) atoms. The Morgan fingerprint density at radius 1 is 1.50 bits per heavy atom. The predicted octanol–water partition coefficient (Wildman–Crippen LogP) is 0.929. The summed E-state index contributed by atoms with van der Waals surface area (Å²) in [6.45, 7) is 2.40. The molecule has 0 amide bonds. The number of piperidine rings is 1. The molecule has 88 valence electrons. The molecule has 0 saturated carbocycles. The van der Waals surface area contributed by atoms with E-state index >= 15 is 0 Å². The van der Waals surface area contributed by atoms with Crippen molar-refractivity contribution in [2.24, 2.45) is 0 Å². The minimum absolute atomic E-state index is 0.126. The summed E-state index contributed by atoms with van der Waals surface area (Å²) in [4.78, 5) is 14.6. The fraction of sp³-hybridized carbons (Fsp3) is 0.583. The summed E-state index contributed by atoms with van der Waals surface area (Å²) in [5.74, 6) is 0.126. The molecule has 2 heterocycles. The van der Waals surface area contributed by atoms with Crippen LogP contribution in [0.25, 0.3) is 0 Å². The topological polar surface area (TPSA) is 56.9 Å². The second-order valence-electron chi connectivity index (χ2n) is 4.28. The maximum absolute atomic E-state index is 11.6. The summed E-state index contributed by atoms with van der Waals surface area (Å²) in [6, 6.07) is 4.18. The molecule has 1 aromatic heterocycles. The summed E-state index contributed by atoms with van der Waals surface area (Å²) < 4.78 is 0. The molecule has 0 radical (unpaired) electrons. The van der Waals surface area contributed by atoms with Gasteiger partial charge in [0.05, 0.1) is 12.2 Å². The Morgan fingerprint density at radius 3 is 3.12 bits per heavy atom. The molecule has 0 unspecified atom stereocenters.